The van der Waals surface area contributed by atoms with Crippen LogP contribution in [0.4, 0.5) is 0 Å². The fourth-order valence-corrected chi connectivity index (χ4v) is 1.10. The molecule has 12 heavy (non-hydrogen) atoms. The number of ether oxygens (including phenoxy) is 1. The van der Waals surface area contributed by atoms with Crippen molar-refractivity contribution in [2.45, 2.75) is 20.0 Å². The van der Waals surface area contributed by atoms with Crippen LogP contribution in [0.1, 0.15) is 13.8 Å². The van der Waals surface area contributed by atoms with Crippen molar-refractivity contribution in [1.29, 1.82) is 0 Å². The average molecular weight is 164 g/mol. The summed E-state index contributed by atoms with van der Waals surface area (Å²) in [6.45, 7) is 8.55. The van der Waals surface area contributed by atoms with Gasteiger partial charge in [-0.15, -0.1) is 6.58 Å². The summed E-state index contributed by atoms with van der Waals surface area (Å²) in [5.74, 6) is 0. The Morgan fingerprint density at radius 3 is 2.50 bits per heavy atom. The molecule has 0 spiro atoms. The van der Waals surface area contributed by atoms with Gasteiger partial charge in [0, 0.05) is 5.41 Å². The standard InChI is InChI=1S/C11H16O/c1-4-9-12-10-5-7-11(2,3)8-6-10/h4-8,10H,1,9H2,2-3H3. The zero-order valence-electron chi connectivity index (χ0n) is 7.79. The zero-order valence-corrected chi connectivity index (χ0v) is 7.79. The summed E-state index contributed by atoms with van der Waals surface area (Å²) in [4.78, 5) is 0. The lowest BCUT2D eigenvalue weighted by atomic mass is 9.88. The van der Waals surface area contributed by atoms with Crippen molar-refractivity contribution in [2.24, 2.45) is 5.41 Å². The maximum Gasteiger partial charge on any atom is 0.0942 e. The monoisotopic (exact) mass is 164 g/mol. The third kappa shape index (κ3) is 2.67. The molecular formula is C11H16O. The summed E-state index contributed by atoms with van der Waals surface area (Å²) in [5.41, 5.74) is 0.189. The lowest BCUT2D eigenvalue weighted by Crippen LogP contribution is -2.15. The van der Waals surface area contributed by atoms with E-state index in [9.17, 15) is 0 Å². The highest BCUT2D eigenvalue weighted by molar-refractivity contribution is 5.19. The SMILES string of the molecule is C=CCOC1C=CC(C)(C)C=C1. The zero-order chi connectivity index (χ0) is 9.03. The van der Waals surface area contributed by atoms with Crippen molar-refractivity contribution in [3.05, 3.63) is 37.0 Å². The van der Waals surface area contributed by atoms with Crippen LogP contribution in [0.25, 0.3) is 0 Å². The second-order valence-corrected chi connectivity index (χ2v) is 3.63. The quantitative estimate of drug-likeness (QED) is 0.583. The maximum absolute atomic E-state index is 5.43. The van der Waals surface area contributed by atoms with Crippen molar-refractivity contribution in [1.82, 2.24) is 0 Å². The van der Waals surface area contributed by atoms with Crippen LogP contribution in [0.5, 0.6) is 0 Å². The van der Waals surface area contributed by atoms with Crippen molar-refractivity contribution in [3.63, 3.8) is 0 Å². The highest BCUT2D eigenvalue weighted by atomic mass is 16.5. The smallest absolute Gasteiger partial charge is 0.0942 e. The van der Waals surface area contributed by atoms with Crippen LogP contribution in [0, 0.1) is 5.41 Å². The molecule has 0 aromatic carbocycles. The summed E-state index contributed by atoms with van der Waals surface area (Å²) in [5, 5.41) is 0. The second-order valence-electron chi connectivity index (χ2n) is 3.63. The molecular weight excluding hydrogens is 148 g/mol. The highest BCUT2D eigenvalue weighted by Gasteiger charge is 2.14. The Bertz CT molecular complexity index is 195. The molecule has 0 saturated heterocycles. The van der Waals surface area contributed by atoms with E-state index in [1.807, 2.05) is 0 Å². The predicted molar refractivity (Wildman–Crippen MR) is 52.0 cm³/mol. The van der Waals surface area contributed by atoms with E-state index in [4.69, 9.17) is 4.74 Å². The van der Waals surface area contributed by atoms with Gasteiger partial charge in [0.15, 0.2) is 0 Å². The topological polar surface area (TPSA) is 9.23 Å². The molecule has 0 aliphatic heterocycles. The Morgan fingerprint density at radius 1 is 1.42 bits per heavy atom. The summed E-state index contributed by atoms with van der Waals surface area (Å²) in [7, 11) is 0. The van der Waals surface area contributed by atoms with E-state index < -0.39 is 0 Å². The molecule has 0 heterocycles. The third-order valence-corrected chi connectivity index (χ3v) is 1.84. The van der Waals surface area contributed by atoms with E-state index in [1.165, 1.54) is 0 Å². The third-order valence-electron chi connectivity index (χ3n) is 1.84. The summed E-state index contributed by atoms with van der Waals surface area (Å²) in [6.07, 6.45) is 10.4. The van der Waals surface area contributed by atoms with Crippen LogP contribution in [-0.4, -0.2) is 12.7 Å². The van der Waals surface area contributed by atoms with Crippen molar-refractivity contribution in [3.8, 4) is 0 Å². The first-order valence-corrected chi connectivity index (χ1v) is 4.25. The summed E-state index contributed by atoms with van der Waals surface area (Å²) in [6, 6.07) is 0. The molecule has 0 aromatic rings. The molecule has 66 valence electrons. The Hall–Kier alpha value is -0.820. The molecule has 0 unspecified atom stereocenters. The number of hydrogen-bond donors (Lipinski definition) is 0. The van der Waals surface area contributed by atoms with Crippen molar-refractivity contribution >= 4 is 0 Å². The molecule has 1 nitrogen and oxygen atoms in total. The molecule has 0 amide bonds. The number of allylic oxidation sites excluding steroid dienone is 2. The van der Waals surface area contributed by atoms with Gasteiger partial charge in [-0.2, -0.15) is 0 Å². The lowest BCUT2D eigenvalue weighted by Gasteiger charge is -2.21. The Balaban J connectivity index is 2.44. The molecule has 0 radical (unpaired) electrons. The van der Waals surface area contributed by atoms with E-state index in [0.29, 0.717) is 6.61 Å². The minimum Gasteiger partial charge on any atom is -0.366 e. The van der Waals surface area contributed by atoms with E-state index in [2.05, 4.69) is 44.7 Å². The van der Waals surface area contributed by atoms with Gasteiger partial charge < -0.3 is 4.74 Å². The van der Waals surface area contributed by atoms with E-state index in [1.54, 1.807) is 6.08 Å². The van der Waals surface area contributed by atoms with E-state index in [0.717, 1.165) is 0 Å². The Labute approximate surface area is 74.4 Å². The van der Waals surface area contributed by atoms with Gasteiger partial charge in [-0.1, -0.05) is 44.2 Å². The van der Waals surface area contributed by atoms with Gasteiger partial charge in [0.05, 0.1) is 12.7 Å². The fourth-order valence-electron chi connectivity index (χ4n) is 1.10. The molecule has 1 heteroatoms. The molecule has 1 aliphatic carbocycles. The van der Waals surface area contributed by atoms with Crippen LogP contribution < -0.4 is 0 Å². The first kappa shape index (κ1) is 9.27. The molecule has 0 N–H and O–H groups in total. The van der Waals surface area contributed by atoms with Crippen molar-refractivity contribution in [2.75, 3.05) is 6.61 Å². The first-order chi connectivity index (χ1) is 5.64. The summed E-state index contributed by atoms with van der Waals surface area (Å²) < 4.78 is 5.43. The predicted octanol–water partition coefficient (Wildman–Crippen LogP) is 2.71. The second kappa shape index (κ2) is 3.72. The highest BCUT2D eigenvalue weighted by Crippen LogP contribution is 2.23. The van der Waals surface area contributed by atoms with Crippen LogP contribution in [0.15, 0.2) is 37.0 Å². The van der Waals surface area contributed by atoms with Gasteiger partial charge in [-0.25, -0.2) is 0 Å². The van der Waals surface area contributed by atoms with Gasteiger partial charge in [0.1, 0.15) is 0 Å². The Morgan fingerprint density at radius 2 is 2.00 bits per heavy atom. The summed E-state index contributed by atoms with van der Waals surface area (Å²) >= 11 is 0. The van der Waals surface area contributed by atoms with Crippen LogP contribution >= 0.6 is 0 Å². The molecule has 0 aromatic heterocycles. The first-order valence-electron chi connectivity index (χ1n) is 4.25. The minimum atomic E-state index is 0.135. The maximum atomic E-state index is 5.43. The lowest BCUT2D eigenvalue weighted by molar-refractivity contribution is 0.139. The molecule has 0 bridgehead atoms. The molecule has 1 aliphatic rings. The van der Waals surface area contributed by atoms with Gasteiger partial charge >= 0.3 is 0 Å². The molecule has 0 saturated carbocycles. The van der Waals surface area contributed by atoms with Crippen molar-refractivity contribution < 1.29 is 4.74 Å². The van der Waals surface area contributed by atoms with Gasteiger partial charge in [0.2, 0.25) is 0 Å². The van der Waals surface area contributed by atoms with Crippen LogP contribution in [0.3, 0.4) is 0 Å². The molecule has 1 rings (SSSR count). The van der Waals surface area contributed by atoms with Gasteiger partial charge in [-0.05, 0) is 0 Å². The van der Waals surface area contributed by atoms with Gasteiger partial charge in [-0.3, -0.25) is 0 Å². The average Bonchev–Trinajstić information content (AvgIpc) is 2.03. The van der Waals surface area contributed by atoms with Crippen LogP contribution in [-0.2, 0) is 4.74 Å². The van der Waals surface area contributed by atoms with Crippen LogP contribution in [0.2, 0.25) is 0 Å². The van der Waals surface area contributed by atoms with E-state index >= 15 is 0 Å². The largest absolute Gasteiger partial charge is 0.366 e. The number of rotatable bonds is 3. The van der Waals surface area contributed by atoms with E-state index in [-0.39, 0.29) is 11.5 Å². The minimum absolute atomic E-state index is 0.135. The van der Waals surface area contributed by atoms with Gasteiger partial charge in [0.25, 0.3) is 0 Å². The fraction of sp³-hybridized carbons (Fsp3) is 0.455. The normalized spacial score (nSPS) is 21.2. The molecule has 0 fully saturated rings. The molecule has 0 atom stereocenters. The Kier molecular flexibility index (Phi) is 2.88. The number of hydrogen-bond acceptors (Lipinski definition) is 1.